The molecule has 0 atom stereocenters. The molecule has 0 saturated heterocycles. The van der Waals surface area contributed by atoms with Crippen molar-refractivity contribution in [2.75, 3.05) is 5.32 Å². The van der Waals surface area contributed by atoms with Gasteiger partial charge in [-0.2, -0.15) is 0 Å². The smallest absolute Gasteiger partial charge is 0.272 e. The maximum Gasteiger partial charge on any atom is 0.272 e. The van der Waals surface area contributed by atoms with E-state index in [2.05, 4.69) is 21.2 Å². The predicted molar refractivity (Wildman–Crippen MR) is 81.7 cm³/mol. The molecule has 0 aliphatic rings. The molecule has 1 amide bonds. The van der Waals surface area contributed by atoms with E-state index in [-0.39, 0.29) is 5.91 Å². The molecule has 4 heteroatoms. The summed E-state index contributed by atoms with van der Waals surface area (Å²) in [5.74, 6) is -0.0795. The van der Waals surface area contributed by atoms with E-state index in [1.807, 2.05) is 56.7 Å². The van der Waals surface area contributed by atoms with Crippen molar-refractivity contribution in [3.63, 3.8) is 0 Å². The minimum absolute atomic E-state index is 0.0795. The summed E-state index contributed by atoms with van der Waals surface area (Å²) in [4.78, 5) is 12.3. The van der Waals surface area contributed by atoms with Crippen molar-refractivity contribution < 1.29 is 4.79 Å². The second kappa shape index (κ2) is 5.21. The Labute approximate surface area is 121 Å². The molecule has 3 nitrogen and oxygen atoms in total. The summed E-state index contributed by atoms with van der Waals surface area (Å²) in [6, 6.07) is 7.78. The van der Waals surface area contributed by atoms with Gasteiger partial charge in [0.25, 0.3) is 5.91 Å². The fourth-order valence-electron chi connectivity index (χ4n) is 2.13. The number of nitrogens with one attached hydrogen (secondary N) is 1. The number of rotatable bonds is 2. The lowest BCUT2D eigenvalue weighted by Gasteiger charge is -2.13. The molecule has 100 valence electrons. The van der Waals surface area contributed by atoms with Crippen LogP contribution >= 0.6 is 15.9 Å². The number of halogens is 1. The Bertz CT molecular complexity index is 621. The van der Waals surface area contributed by atoms with Crippen molar-refractivity contribution in [1.82, 2.24) is 4.57 Å². The van der Waals surface area contributed by atoms with Crippen molar-refractivity contribution in [3.05, 3.63) is 51.3 Å². The minimum Gasteiger partial charge on any atom is -0.344 e. The fraction of sp³-hybridized carbons (Fsp3) is 0.267. The summed E-state index contributed by atoms with van der Waals surface area (Å²) in [6.07, 6.45) is 0. The van der Waals surface area contributed by atoms with Gasteiger partial charge in [-0.1, -0.05) is 15.9 Å². The average Bonchev–Trinajstić information content (AvgIpc) is 2.64. The molecule has 0 radical (unpaired) electrons. The largest absolute Gasteiger partial charge is 0.344 e. The van der Waals surface area contributed by atoms with Crippen LogP contribution in [0.1, 0.15) is 27.3 Å². The van der Waals surface area contributed by atoms with Crippen molar-refractivity contribution >= 4 is 27.5 Å². The highest BCUT2D eigenvalue weighted by Gasteiger charge is 2.13. The van der Waals surface area contributed by atoms with E-state index in [0.29, 0.717) is 5.69 Å². The summed E-state index contributed by atoms with van der Waals surface area (Å²) in [5.41, 5.74) is 4.71. The summed E-state index contributed by atoms with van der Waals surface area (Å²) >= 11 is 3.46. The number of amides is 1. The number of benzene rings is 1. The second-order valence-electron chi connectivity index (χ2n) is 4.79. The maximum absolute atomic E-state index is 12.3. The van der Waals surface area contributed by atoms with Gasteiger partial charge in [-0.15, -0.1) is 0 Å². The zero-order valence-corrected chi connectivity index (χ0v) is 13.1. The van der Waals surface area contributed by atoms with E-state index in [1.54, 1.807) is 0 Å². The van der Waals surface area contributed by atoms with E-state index in [1.165, 1.54) is 0 Å². The quantitative estimate of drug-likeness (QED) is 0.892. The average molecular weight is 321 g/mol. The first-order valence-corrected chi connectivity index (χ1v) is 6.90. The molecular weight excluding hydrogens is 304 g/mol. The number of nitrogens with zero attached hydrogens (tertiary/aromatic N) is 1. The van der Waals surface area contributed by atoms with E-state index >= 15 is 0 Å². The van der Waals surface area contributed by atoms with Crippen LogP contribution in [0.25, 0.3) is 0 Å². The molecule has 1 heterocycles. The second-order valence-corrected chi connectivity index (χ2v) is 5.70. The Morgan fingerprint density at radius 1 is 1.16 bits per heavy atom. The first kappa shape index (κ1) is 13.9. The Morgan fingerprint density at radius 2 is 1.74 bits per heavy atom. The predicted octanol–water partition coefficient (Wildman–Crippen LogP) is 3.97. The molecule has 0 saturated carbocycles. The summed E-state index contributed by atoms with van der Waals surface area (Å²) < 4.78 is 2.91. The molecule has 0 spiro atoms. The standard InChI is InChI=1S/C15H17BrN2O/c1-9-7-12(16)8-10(2)14(9)17-15(19)13-6-5-11(3)18(13)4/h5-8H,1-4H3,(H,17,19). The number of aryl methyl sites for hydroxylation is 3. The van der Waals surface area contributed by atoms with Crippen LogP contribution in [0.4, 0.5) is 5.69 Å². The van der Waals surface area contributed by atoms with Crippen molar-refractivity contribution in [2.45, 2.75) is 20.8 Å². The molecule has 1 N–H and O–H groups in total. The highest BCUT2D eigenvalue weighted by atomic mass is 79.9. The Hall–Kier alpha value is -1.55. The van der Waals surface area contributed by atoms with Gasteiger partial charge < -0.3 is 9.88 Å². The number of hydrogen-bond donors (Lipinski definition) is 1. The summed E-state index contributed by atoms with van der Waals surface area (Å²) in [6.45, 7) is 5.96. The van der Waals surface area contributed by atoms with Gasteiger partial charge in [-0.05, 0) is 56.2 Å². The van der Waals surface area contributed by atoms with Crippen LogP contribution in [0.2, 0.25) is 0 Å². The molecule has 1 aromatic carbocycles. The monoisotopic (exact) mass is 320 g/mol. The SMILES string of the molecule is Cc1cc(Br)cc(C)c1NC(=O)c1ccc(C)n1C. The van der Waals surface area contributed by atoms with E-state index in [4.69, 9.17) is 0 Å². The van der Waals surface area contributed by atoms with Crippen LogP contribution < -0.4 is 5.32 Å². The third-order valence-corrected chi connectivity index (χ3v) is 3.80. The Kier molecular flexibility index (Phi) is 3.80. The molecule has 2 aromatic rings. The van der Waals surface area contributed by atoms with E-state index < -0.39 is 0 Å². The van der Waals surface area contributed by atoms with Gasteiger partial charge in [0, 0.05) is 22.9 Å². The van der Waals surface area contributed by atoms with Crippen LogP contribution in [0, 0.1) is 20.8 Å². The Morgan fingerprint density at radius 3 is 2.21 bits per heavy atom. The lowest BCUT2D eigenvalue weighted by Crippen LogP contribution is -2.17. The number of aromatic nitrogens is 1. The third-order valence-electron chi connectivity index (χ3n) is 3.34. The molecule has 1 aromatic heterocycles. The highest BCUT2D eigenvalue weighted by Crippen LogP contribution is 2.25. The molecule has 0 unspecified atom stereocenters. The summed E-state index contributed by atoms with van der Waals surface area (Å²) in [7, 11) is 1.89. The van der Waals surface area contributed by atoms with Gasteiger partial charge in [0.1, 0.15) is 5.69 Å². The maximum atomic E-state index is 12.3. The minimum atomic E-state index is -0.0795. The number of hydrogen-bond acceptors (Lipinski definition) is 1. The number of carbonyl (C=O) groups is 1. The molecule has 0 aliphatic heterocycles. The molecule has 0 aliphatic carbocycles. The zero-order valence-electron chi connectivity index (χ0n) is 11.5. The first-order chi connectivity index (χ1) is 8.90. The summed E-state index contributed by atoms with van der Waals surface area (Å²) in [5, 5.41) is 3.00. The number of anilines is 1. The topological polar surface area (TPSA) is 34.0 Å². The van der Waals surface area contributed by atoms with Gasteiger partial charge >= 0.3 is 0 Å². The van der Waals surface area contributed by atoms with Crippen LogP contribution in [0.15, 0.2) is 28.7 Å². The van der Waals surface area contributed by atoms with Gasteiger partial charge in [0.05, 0.1) is 0 Å². The van der Waals surface area contributed by atoms with Gasteiger partial charge in [-0.3, -0.25) is 4.79 Å². The van der Waals surface area contributed by atoms with E-state index in [0.717, 1.165) is 27.0 Å². The molecule has 2 rings (SSSR count). The molecule has 19 heavy (non-hydrogen) atoms. The van der Waals surface area contributed by atoms with Crippen LogP contribution in [0.5, 0.6) is 0 Å². The van der Waals surface area contributed by atoms with Crippen LogP contribution in [0.3, 0.4) is 0 Å². The normalized spacial score (nSPS) is 10.6. The number of carbonyl (C=O) groups excluding carboxylic acids is 1. The fourth-order valence-corrected chi connectivity index (χ4v) is 2.81. The third kappa shape index (κ3) is 2.73. The molecular formula is C15H17BrN2O. The Balaban J connectivity index is 2.32. The lowest BCUT2D eigenvalue weighted by atomic mass is 10.1. The zero-order chi connectivity index (χ0) is 14.2. The van der Waals surface area contributed by atoms with Crippen LogP contribution in [-0.2, 0) is 7.05 Å². The van der Waals surface area contributed by atoms with Crippen molar-refractivity contribution in [2.24, 2.45) is 7.05 Å². The lowest BCUT2D eigenvalue weighted by molar-refractivity contribution is 0.101. The van der Waals surface area contributed by atoms with Crippen molar-refractivity contribution in [3.8, 4) is 0 Å². The van der Waals surface area contributed by atoms with Gasteiger partial charge in [0.2, 0.25) is 0 Å². The van der Waals surface area contributed by atoms with E-state index in [9.17, 15) is 4.79 Å². The van der Waals surface area contributed by atoms with Gasteiger partial charge in [0.15, 0.2) is 0 Å². The molecule has 0 fully saturated rings. The molecule has 0 bridgehead atoms. The van der Waals surface area contributed by atoms with Crippen molar-refractivity contribution in [1.29, 1.82) is 0 Å². The first-order valence-electron chi connectivity index (χ1n) is 6.10. The van der Waals surface area contributed by atoms with Crippen LogP contribution in [-0.4, -0.2) is 10.5 Å². The van der Waals surface area contributed by atoms with Gasteiger partial charge in [-0.25, -0.2) is 0 Å². The highest BCUT2D eigenvalue weighted by molar-refractivity contribution is 9.10.